The van der Waals surface area contributed by atoms with Crippen LogP contribution in [0.3, 0.4) is 0 Å². The Labute approximate surface area is 190 Å². The number of benzene rings is 2. The summed E-state index contributed by atoms with van der Waals surface area (Å²) in [5, 5.41) is 16.4. The summed E-state index contributed by atoms with van der Waals surface area (Å²) in [4.78, 5) is 12.5. The van der Waals surface area contributed by atoms with Gasteiger partial charge in [0.05, 0.1) is 17.1 Å². The van der Waals surface area contributed by atoms with Crippen molar-refractivity contribution in [1.29, 1.82) is 0 Å². The zero-order valence-corrected chi connectivity index (χ0v) is 18.9. The van der Waals surface area contributed by atoms with Gasteiger partial charge in [-0.25, -0.2) is 4.68 Å². The predicted molar refractivity (Wildman–Crippen MR) is 126 cm³/mol. The molecule has 8 heteroatoms. The number of ether oxygens (including phenoxy) is 1. The Hall–Kier alpha value is -3.65. The highest BCUT2D eigenvalue weighted by Crippen LogP contribution is 2.29. The summed E-state index contributed by atoms with van der Waals surface area (Å²) >= 11 is 1.32. The van der Waals surface area contributed by atoms with Crippen LogP contribution < -0.4 is 10.1 Å². The lowest BCUT2D eigenvalue weighted by Crippen LogP contribution is -2.14. The van der Waals surface area contributed by atoms with Crippen LogP contribution in [0.2, 0.25) is 0 Å². The van der Waals surface area contributed by atoms with E-state index in [1.165, 1.54) is 11.8 Å². The molecule has 0 fully saturated rings. The first-order chi connectivity index (χ1) is 15.5. The molecule has 2 aromatic heterocycles. The Morgan fingerprint density at radius 3 is 2.47 bits per heavy atom. The van der Waals surface area contributed by atoms with E-state index in [2.05, 4.69) is 20.6 Å². The smallest absolute Gasteiger partial charge is 0.234 e. The molecule has 0 saturated heterocycles. The molecule has 0 atom stereocenters. The molecule has 162 valence electrons. The van der Waals surface area contributed by atoms with Gasteiger partial charge in [-0.3, -0.25) is 4.79 Å². The summed E-state index contributed by atoms with van der Waals surface area (Å²) in [7, 11) is 0. The number of nitrogens with one attached hydrogen (secondary N) is 1. The monoisotopic (exact) mass is 445 g/mol. The normalized spacial score (nSPS) is 10.7. The molecular formula is C24H23N5O2S. The Kier molecular flexibility index (Phi) is 6.51. The summed E-state index contributed by atoms with van der Waals surface area (Å²) in [6.45, 7) is 5.92. The van der Waals surface area contributed by atoms with Crippen LogP contribution in [0.5, 0.6) is 11.5 Å². The first-order valence-corrected chi connectivity index (χ1v) is 11.1. The summed E-state index contributed by atoms with van der Waals surface area (Å²) in [6.07, 6.45) is 0. The fourth-order valence-corrected chi connectivity index (χ4v) is 3.70. The van der Waals surface area contributed by atoms with Crippen molar-refractivity contribution in [2.75, 3.05) is 11.1 Å². The van der Waals surface area contributed by atoms with Crippen molar-refractivity contribution in [1.82, 2.24) is 20.0 Å². The third-order valence-corrected chi connectivity index (χ3v) is 5.53. The largest absolute Gasteiger partial charge is 0.455 e. The van der Waals surface area contributed by atoms with E-state index in [-0.39, 0.29) is 11.7 Å². The van der Waals surface area contributed by atoms with Crippen molar-refractivity contribution in [3.63, 3.8) is 0 Å². The Morgan fingerprint density at radius 1 is 1.00 bits per heavy atom. The third kappa shape index (κ3) is 5.33. The van der Waals surface area contributed by atoms with Gasteiger partial charge >= 0.3 is 0 Å². The Morgan fingerprint density at radius 2 is 1.78 bits per heavy atom. The lowest BCUT2D eigenvalue weighted by atomic mass is 10.2. The fraction of sp³-hybridized carbons (Fsp3) is 0.167. The number of carbonyl (C=O) groups is 1. The zero-order chi connectivity index (χ0) is 22.5. The fourth-order valence-electron chi connectivity index (χ4n) is 3.08. The van der Waals surface area contributed by atoms with Crippen LogP contribution in [0.4, 0.5) is 5.69 Å². The predicted octanol–water partition coefficient (Wildman–Crippen LogP) is 5.11. The number of para-hydroxylation sites is 2. The number of carbonyl (C=O) groups excluding carboxylic acids is 1. The van der Waals surface area contributed by atoms with Gasteiger partial charge in [0, 0.05) is 5.69 Å². The third-order valence-electron chi connectivity index (χ3n) is 4.61. The maximum atomic E-state index is 12.5. The van der Waals surface area contributed by atoms with Crippen LogP contribution in [0.1, 0.15) is 17.0 Å². The quantitative estimate of drug-likeness (QED) is 0.398. The van der Waals surface area contributed by atoms with Crippen molar-refractivity contribution in [2.24, 2.45) is 0 Å². The molecule has 0 bridgehead atoms. The highest BCUT2D eigenvalue weighted by Gasteiger charge is 2.11. The number of rotatable bonds is 7. The van der Waals surface area contributed by atoms with Gasteiger partial charge in [-0.1, -0.05) is 41.6 Å². The average Bonchev–Trinajstić information content (AvgIpc) is 3.13. The van der Waals surface area contributed by atoms with E-state index in [9.17, 15) is 4.79 Å². The molecule has 0 aliphatic rings. The molecule has 1 N–H and O–H groups in total. The highest BCUT2D eigenvalue weighted by atomic mass is 32.2. The topological polar surface area (TPSA) is 81.9 Å². The van der Waals surface area contributed by atoms with Crippen molar-refractivity contribution < 1.29 is 9.53 Å². The van der Waals surface area contributed by atoms with Crippen LogP contribution in [0, 0.1) is 20.8 Å². The number of hydrogen-bond donors (Lipinski definition) is 1. The Bertz CT molecular complexity index is 1220. The van der Waals surface area contributed by atoms with Gasteiger partial charge in [0.15, 0.2) is 11.6 Å². The van der Waals surface area contributed by atoms with E-state index >= 15 is 0 Å². The SMILES string of the molecule is Cc1ccc(Oc2ccccc2NC(=O)CSc2ccc(-n3nc(C)cc3C)nn2)cc1. The van der Waals surface area contributed by atoms with Gasteiger partial charge in [0.25, 0.3) is 0 Å². The minimum absolute atomic E-state index is 0.153. The van der Waals surface area contributed by atoms with Crippen LogP contribution in [0.15, 0.2) is 71.8 Å². The van der Waals surface area contributed by atoms with Crippen molar-refractivity contribution in [3.8, 4) is 17.3 Å². The van der Waals surface area contributed by atoms with Crippen LogP contribution in [-0.4, -0.2) is 31.6 Å². The lowest BCUT2D eigenvalue weighted by molar-refractivity contribution is -0.113. The van der Waals surface area contributed by atoms with E-state index in [1.54, 1.807) is 4.68 Å². The molecule has 0 unspecified atom stereocenters. The molecule has 32 heavy (non-hydrogen) atoms. The molecule has 0 saturated carbocycles. The second-order valence-corrected chi connectivity index (χ2v) is 8.31. The van der Waals surface area contributed by atoms with Crippen molar-refractivity contribution >= 4 is 23.4 Å². The number of aryl methyl sites for hydroxylation is 3. The molecule has 0 spiro atoms. The van der Waals surface area contributed by atoms with Crippen LogP contribution in [-0.2, 0) is 4.79 Å². The van der Waals surface area contributed by atoms with Crippen LogP contribution >= 0.6 is 11.8 Å². The molecule has 1 amide bonds. The standard InChI is InChI=1S/C24H23N5O2S/c1-16-8-10-19(11-9-16)31-21-7-5-4-6-20(21)25-23(30)15-32-24-13-12-22(26-27-24)29-18(3)14-17(2)28-29/h4-14H,15H2,1-3H3,(H,25,30). The van der Waals surface area contributed by atoms with Gasteiger partial charge < -0.3 is 10.1 Å². The molecule has 7 nitrogen and oxygen atoms in total. The van der Waals surface area contributed by atoms with Crippen LogP contribution in [0.25, 0.3) is 5.82 Å². The van der Waals surface area contributed by atoms with E-state index in [0.29, 0.717) is 28.0 Å². The summed E-state index contributed by atoms with van der Waals surface area (Å²) < 4.78 is 7.69. The van der Waals surface area contributed by atoms with E-state index in [1.807, 2.05) is 87.5 Å². The number of aromatic nitrogens is 4. The van der Waals surface area contributed by atoms with E-state index in [4.69, 9.17) is 4.74 Å². The minimum atomic E-state index is -0.153. The maximum absolute atomic E-state index is 12.5. The molecular weight excluding hydrogens is 422 g/mol. The van der Waals surface area contributed by atoms with E-state index < -0.39 is 0 Å². The summed E-state index contributed by atoms with van der Waals surface area (Å²) in [5.74, 6) is 1.99. The molecule has 2 heterocycles. The van der Waals surface area contributed by atoms with Gasteiger partial charge in [-0.2, -0.15) is 5.10 Å². The van der Waals surface area contributed by atoms with Crippen molar-refractivity contribution in [3.05, 3.63) is 83.7 Å². The van der Waals surface area contributed by atoms with E-state index in [0.717, 1.165) is 17.0 Å². The molecule has 4 rings (SSSR count). The minimum Gasteiger partial charge on any atom is -0.455 e. The lowest BCUT2D eigenvalue weighted by Gasteiger charge is -2.12. The number of nitrogens with zero attached hydrogens (tertiary/aromatic N) is 4. The van der Waals surface area contributed by atoms with Gasteiger partial charge in [-0.05, 0) is 63.2 Å². The molecule has 0 radical (unpaired) electrons. The average molecular weight is 446 g/mol. The zero-order valence-electron chi connectivity index (χ0n) is 18.1. The van der Waals surface area contributed by atoms with Gasteiger partial charge in [0.2, 0.25) is 5.91 Å². The molecule has 0 aliphatic carbocycles. The highest BCUT2D eigenvalue weighted by molar-refractivity contribution is 7.99. The molecule has 4 aromatic rings. The number of hydrogen-bond acceptors (Lipinski definition) is 6. The second kappa shape index (κ2) is 9.65. The number of anilines is 1. The number of thioether (sulfide) groups is 1. The van der Waals surface area contributed by atoms with Gasteiger partial charge in [-0.15, -0.1) is 10.2 Å². The molecule has 2 aromatic carbocycles. The summed E-state index contributed by atoms with van der Waals surface area (Å²) in [6, 6.07) is 20.8. The number of amides is 1. The summed E-state index contributed by atoms with van der Waals surface area (Å²) in [5.41, 5.74) is 3.68. The first-order valence-electron chi connectivity index (χ1n) is 10.1. The second-order valence-electron chi connectivity index (χ2n) is 7.32. The van der Waals surface area contributed by atoms with Crippen molar-refractivity contribution in [2.45, 2.75) is 25.8 Å². The maximum Gasteiger partial charge on any atom is 0.234 e. The first kappa shape index (κ1) is 21.6. The Balaban J connectivity index is 1.36. The van der Waals surface area contributed by atoms with Gasteiger partial charge in [0.1, 0.15) is 10.8 Å². The molecule has 0 aliphatic heterocycles.